The van der Waals surface area contributed by atoms with Gasteiger partial charge in [0.05, 0.1) is 0 Å². The highest BCUT2D eigenvalue weighted by Crippen LogP contribution is 2.16. The van der Waals surface area contributed by atoms with E-state index < -0.39 is 6.10 Å². The van der Waals surface area contributed by atoms with Crippen molar-refractivity contribution in [2.24, 2.45) is 0 Å². The largest absolute Gasteiger partial charge is 0.462 e. The van der Waals surface area contributed by atoms with Gasteiger partial charge < -0.3 is 14.2 Å². The predicted octanol–water partition coefficient (Wildman–Crippen LogP) is 17.6. The molecule has 0 spiro atoms. The van der Waals surface area contributed by atoms with Crippen LogP contribution in [0.15, 0.2) is 85.1 Å². The topological polar surface area (TPSA) is 78.9 Å². The Morgan fingerprint density at radius 2 is 0.703 bits per heavy atom. The molecule has 0 aliphatic carbocycles. The summed E-state index contributed by atoms with van der Waals surface area (Å²) < 4.78 is 16.7. The van der Waals surface area contributed by atoms with Crippen molar-refractivity contribution in [3.05, 3.63) is 85.1 Å². The Kier molecular flexibility index (Phi) is 49.4. The van der Waals surface area contributed by atoms with Crippen molar-refractivity contribution in [1.29, 1.82) is 0 Å². The first-order chi connectivity index (χ1) is 31.5. The maximum Gasteiger partial charge on any atom is 0.306 e. The van der Waals surface area contributed by atoms with Crippen molar-refractivity contribution >= 4 is 17.9 Å². The molecule has 6 nitrogen and oxygen atoms in total. The molecule has 0 aromatic heterocycles. The third kappa shape index (κ3) is 49.6. The van der Waals surface area contributed by atoms with Crippen LogP contribution in [-0.4, -0.2) is 37.2 Å². The zero-order valence-electron chi connectivity index (χ0n) is 41.8. The van der Waals surface area contributed by atoms with Gasteiger partial charge in [-0.25, -0.2) is 0 Å². The summed E-state index contributed by atoms with van der Waals surface area (Å²) in [6.07, 6.45) is 67.3. The van der Waals surface area contributed by atoms with Crippen molar-refractivity contribution in [2.75, 3.05) is 13.2 Å². The number of ether oxygens (including phenoxy) is 3. The van der Waals surface area contributed by atoms with Gasteiger partial charge in [0.1, 0.15) is 13.2 Å². The molecule has 0 aliphatic rings. The van der Waals surface area contributed by atoms with Crippen LogP contribution in [0.2, 0.25) is 0 Å². The third-order valence-corrected chi connectivity index (χ3v) is 11.3. The van der Waals surface area contributed by atoms with Crippen molar-refractivity contribution < 1.29 is 28.6 Å². The summed E-state index contributed by atoms with van der Waals surface area (Å²) in [7, 11) is 0. The zero-order chi connectivity index (χ0) is 46.5. The lowest BCUT2D eigenvalue weighted by molar-refractivity contribution is -0.167. The van der Waals surface area contributed by atoms with E-state index in [4.69, 9.17) is 14.2 Å². The van der Waals surface area contributed by atoms with Gasteiger partial charge in [0, 0.05) is 19.3 Å². The molecule has 0 aromatic rings. The first kappa shape index (κ1) is 60.6. The van der Waals surface area contributed by atoms with E-state index in [-0.39, 0.29) is 37.5 Å². The van der Waals surface area contributed by atoms with Crippen LogP contribution in [0.1, 0.15) is 245 Å². The zero-order valence-corrected chi connectivity index (χ0v) is 41.8. The molecule has 64 heavy (non-hydrogen) atoms. The van der Waals surface area contributed by atoms with Crippen molar-refractivity contribution in [3.63, 3.8) is 0 Å². The number of rotatable bonds is 47. The standard InChI is InChI=1S/C58H98O6/c1-4-7-10-13-16-19-22-25-27-28-29-30-31-34-36-39-42-45-48-51-57(60)63-54-55(53-62-56(59)50-47-44-41-38-35-32-24-21-18-15-12-9-6-3)64-58(61)52-49-46-43-40-37-33-26-23-20-17-14-11-8-5-2/h8-9,11-12,15,17-18,20-21,24,32,35,38,41,55H,4-7,10,13-14,16,19,22-23,25-31,33-34,36-37,39-40,42-54H2,1-3H3/b11-8-,12-9-,18-15-,20-17-,24-21-,35-32-,41-38-. The van der Waals surface area contributed by atoms with Crippen molar-refractivity contribution in [2.45, 2.75) is 252 Å². The third-order valence-electron chi connectivity index (χ3n) is 11.3. The Labute approximate surface area is 395 Å². The molecule has 1 unspecified atom stereocenters. The highest BCUT2D eigenvalue weighted by atomic mass is 16.6. The van der Waals surface area contributed by atoms with Crippen molar-refractivity contribution in [3.8, 4) is 0 Å². The monoisotopic (exact) mass is 891 g/mol. The van der Waals surface area contributed by atoms with Gasteiger partial charge in [0.25, 0.3) is 0 Å². The summed E-state index contributed by atoms with van der Waals surface area (Å²) in [6.45, 7) is 6.33. The maximum atomic E-state index is 12.8. The molecule has 0 amide bonds. The van der Waals surface area contributed by atoms with Gasteiger partial charge in [-0.1, -0.05) is 254 Å². The molecule has 0 saturated heterocycles. The molecule has 0 saturated carbocycles. The average molecular weight is 891 g/mol. The van der Waals surface area contributed by atoms with E-state index in [1.54, 1.807) is 0 Å². The van der Waals surface area contributed by atoms with E-state index in [1.165, 1.54) is 128 Å². The second-order valence-electron chi connectivity index (χ2n) is 17.5. The molecule has 0 bridgehead atoms. The average Bonchev–Trinajstić information content (AvgIpc) is 3.29. The molecule has 1 atom stereocenters. The molecule has 0 aliphatic heterocycles. The van der Waals surface area contributed by atoms with E-state index in [1.807, 2.05) is 54.7 Å². The van der Waals surface area contributed by atoms with Crippen molar-refractivity contribution in [1.82, 2.24) is 0 Å². The Balaban J connectivity index is 4.41. The van der Waals surface area contributed by atoms with Crippen LogP contribution in [0, 0.1) is 0 Å². The van der Waals surface area contributed by atoms with Gasteiger partial charge in [0.15, 0.2) is 6.10 Å². The fourth-order valence-electron chi connectivity index (χ4n) is 7.33. The van der Waals surface area contributed by atoms with Crippen LogP contribution in [-0.2, 0) is 28.6 Å². The number of carbonyl (C=O) groups is 3. The minimum absolute atomic E-state index is 0.101. The van der Waals surface area contributed by atoms with E-state index in [0.717, 1.165) is 70.6 Å². The Morgan fingerprint density at radius 3 is 1.17 bits per heavy atom. The summed E-state index contributed by atoms with van der Waals surface area (Å²) in [5.41, 5.74) is 0. The summed E-state index contributed by atoms with van der Waals surface area (Å²) in [6, 6.07) is 0. The van der Waals surface area contributed by atoms with Crippen LogP contribution < -0.4 is 0 Å². The van der Waals surface area contributed by atoms with Crippen LogP contribution >= 0.6 is 0 Å². The Bertz CT molecular complexity index is 1250. The van der Waals surface area contributed by atoms with Gasteiger partial charge in [0.2, 0.25) is 0 Å². The predicted molar refractivity (Wildman–Crippen MR) is 274 cm³/mol. The summed E-state index contributed by atoms with van der Waals surface area (Å²) in [5, 5.41) is 0. The lowest BCUT2D eigenvalue weighted by Crippen LogP contribution is -2.30. The number of hydrogen-bond donors (Lipinski definition) is 0. The minimum atomic E-state index is -0.808. The molecule has 366 valence electrons. The van der Waals surface area contributed by atoms with E-state index in [0.29, 0.717) is 19.3 Å². The summed E-state index contributed by atoms with van der Waals surface area (Å²) in [4.78, 5) is 38.0. The first-order valence-electron chi connectivity index (χ1n) is 26.7. The first-order valence-corrected chi connectivity index (χ1v) is 26.7. The second kappa shape index (κ2) is 52.2. The molecule has 0 heterocycles. The molecular weight excluding hydrogens is 793 g/mol. The summed E-state index contributed by atoms with van der Waals surface area (Å²) >= 11 is 0. The second-order valence-corrected chi connectivity index (χ2v) is 17.5. The number of esters is 3. The quantitative estimate of drug-likeness (QED) is 0.0199. The molecule has 0 N–H and O–H groups in total. The molecule has 0 fully saturated rings. The maximum absolute atomic E-state index is 12.8. The molecule has 0 rings (SSSR count). The molecule has 6 heteroatoms. The van der Waals surface area contributed by atoms with Gasteiger partial charge in [-0.2, -0.15) is 0 Å². The SMILES string of the molecule is CC\C=C/C=C\C=C/C=C\C=C/CCCC(=O)OCC(COC(=O)CCCCCCCCCCCCCCCCCCCCC)OC(=O)CCCCCCCCC/C=C\C/C=C\CC. The number of hydrogen-bond acceptors (Lipinski definition) is 6. The lowest BCUT2D eigenvalue weighted by Gasteiger charge is -2.18. The van der Waals surface area contributed by atoms with Crippen LogP contribution in [0.3, 0.4) is 0 Å². The summed E-state index contributed by atoms with van der Waals surface area (Å²) in [5.74, 6) is -0.984. The van der Waals surface area contributed by atoms with E-state index in [9.17, 15) is 14.4 Å². The molecule has 0 aromatic carbocycles. The van der Waals surface area contributed by atoms with Gasteiger partial charge in [-0.05, 0) is 57.8 Å². The number of unbranched alkanes of at least 4 members (excludes halogenated alkanes) is 26. The highest BCUT2D eigenvalue weighted by Gasteiger charge is 2.19. The number of carbonyl (C=O) groups excluding carboxylic acids is 3. The van der Waals surface area contributed by atoms with Gasteiger partial charge in [-0.15, -0.1) is 0 Å². The van der Waals surface area contributed by atoms with E-state index in [2.05, 4.69) is 51.2 Å². The normalized spacial score (nSPS) is 12.7. The van der Waals surface area contributed by atoms with Crippen LogP contribution in [0.4, 0.5) is 0 Å². The van der Waals surface area contributed by atoms with Gasteiger partial charge >= 0.3 is 17.9 Å². The minimum Gasteiger partial charge on any atom is -0.462 e. The fraction of sp³-hybridized carbons (Fsp3) is 0.707. The fourth-order valence-corrected chi connectivity index (χ4v) is 7.33. The Morgan fingerprint density at radius 1 is 0.344 bits per heavy atom. The molecule has 0 radical (unpaired) electrons. The smallest absolute Gasteiger partial charge is 0.306 e. The van der Waals surface area contributed by atoms with Gasteiger partial charge in [-0.3, -0.25) is 14.4 Å². The lowest BCUT2D eigenvalue weighted by atomic mass is 10.0. The number of allylic oxidation sites excluding steroid dienone is 14. The van der Waals surface area contributed by atoms with E-state index >= 15 is 0 Å². The highest BCUT2D eigenvalue weighted by molar-refractivity contribution is 5.71. The van der Waals surface area contributed by atoms with Crippen LogP contribution in [0.5, 0.6) is 0 Å². The van der Waals surface area contributed by atoms with Crippen LogP contribution in [0.25, 0.3) is 0 Å². The molecular formula is C58H98O6. The Hall–Kier alpha value is -3.41.